The van der Waals surface area contributed by atoms with Gasteiger partial charge in [-0.2, -0.15) is 0 Å². The van der Waals surface area contributed by atoms with Gasteiger partial charge >= 0.3 is 0 Å². The summed E-state index contributed by atoms with van der Waals surface area (Å²) in [6.45, 7) is 5.37. The van der Waals surface area contributed by atoms with Crippen LogP contribution in [0.3, 0.4) is 0 Å². The molecular formula is C23H29NO6. The number of methoxy groups -OCH3 is 3. The highest BCUT2D eigenvalue weighted by molar-refractivity contribution is 5.96. The van der Waals surface area contributed by atoms with E-state index in [9.17, 15) is 4.79 Å². The lowest BCUT2D eigenvalue weighted by atomic mass is 9.95. The van der Waals surface area contributed by atoms with Gasteiger partial charge in [-0.15, -0.1) is 0 Å². The molecule has 0 fully saturated rings. The minimum absolute atomic E-state index is 0.153. The van der Waals surface area contributed by atoms with Crippen molar-refractivity contribution in [2.75, 3.05) is 34.5 Å². The average molecular weight is 415 g/mol. The second-order valence-corrected chi connectivity index (χ2v) is 7.37. The molecular weight excluding hydrogens is 386 g/mol. The lowest BCUT2D eigenvalue weighted by molar-refractivity contribution is 0.0924. The minimum atomic E-state index is -0.236. The molecule has 1 unspecified atom stereocenters. The Morgan fingerprint density at radius 3 is 2.13 bits per heavy atom. The highest BCUT2D eigenvalue weighted by Crippen LogP contribution is 2.39. The lowest BCUT2D eigenvalue weighted by Gasteiger charge is -2.24. The fraction of sp³-hybridized carbons (Fsp3) is 0.435. The van der Waals surface area contributed by atoms with Crippen LogP contribution in [0.2, 0.25) is 0 Å². The highest BCUT2D eigenvalue weighted by atomic mass is 16.5. The lowest BCUT2D eigenvalue weighted by Crippen LogP contribution is -2.31. The molecule has 0 aromatic heterocycles. The molecule has 2 aromatic carbocycles. The number of rotatable bonds is 7. The summed E-state index contributed by atoms with van der Waals surface area (Å²) < 4.78 is 27.6. The number of ether oxygens (including phenoxy) is 5. The molecule has 1 atom stereocenters. The van der Waals surface area contributed by atoms with Crippen LogP contribution in [-0.2, 0) is 0 Å². The molecule has 0 bridgehead atoms. The zero-order chi connectivity index (χ0) is 21.7. The first-order valence-electron chi connectivity index (χ1n) is 9.98. The maximum absolute atomic E-state index is 13.1. The van der Waals surface area contributed by atoms with Crippen molar-refractivity contribution >= 4 is 5.91 Å². The third kappa shape index (κ3) is 4.56. The summed E-state index contributed by atoms with van der Waals surface area (Å²) in [5.41, 5.74) is 1.37. The molecule has 0 radical (unpaired) electrons. The van der Waals surface area contributed by atoms with E-state index in [1.54, 1.807) is 12.1 Å². The van der Waals surface area contributed by atoms with Gasteiger partial charge < -0.3 is 29.0 Å². The second-order valence-electron chi connectivity index (χ2n) is 7.37. The molecule has 0 aliphatic carbocycles. The normalized spacial score (nSPS) is 13.9. The van der Waals surface area contributed by atoms with E-state index in [0.717, 1.165) is 17.7 Å². The first-order valence-corrected chi connectivity index (χ1v) is 9.98. The molecule has 7 heteroatoms. The summed E-state index contributed by atoms with van der Waals surface area (Å²) in [5, 5.41) is 3.12. The third-order valence-electron chi connectivity index (χ3n) is 5.01. The van der Waals surface area contributed by atoms with Crippen LogP contribution < -0.4 is 29.0 Å². The van der Waals surface area contributed by atoms with E-state index in [4.69, 9.17) is 23.7 Å². The van der Waals surface area contributed by atoms with Crippen molar-refractivity contribution in [2.24, 2.45) is 5.92 Å². The maximum atomic E-state index is 13.1. The molecule has 3 rings (SSSR count). The van der Waals surface area contributed by atoms with Crippen LogP contribution in [0, 0.1) is 5.92 Å². The summed E-state index contributed by atoms with van der Waals surface area (Å²) >= 11 is 0. The van der Waals surface area contributed by atoms with E-state index in [1.807, 2.05) is 18.2 Å². The van der Waals surface area contributed by atoms with Crippen molar-refractivity contribution in [1.29, 1.82) is 0 Å². The number of benzene rings is 2. The Kier molecular flexibility index (Phi) is 6.92. The quantitative estimate of drug-likeness (QED) is 0.737. The van der Waals surface area contributed by atoms with E-state index in [2.05, 4.69) is 19.2 Å². The Balaban J connectivity index is 1.89. The summed E-state index contributed by atoms with van der Waals surface area (Å²) in [4.78, 5) is 13.1. The maximum Gasteiger partial charge on any atom is 0.252 e. The molecule has 1 N–H and O–H groups in total. The zero-order valence-corrected chi connectivity index (χ0v) is 18.1. The van der Waals surface area contributed by atoms with Crippen molar-refractivity contribution < 1.29 is 28.5 Å². The van der Waals surface area contributed by atoms with Crippen molar-refractivity contribution in [1.82, 2.24) is 5.32 Å². The largest absolute Gasteiger partial charge is 0.493 e. The standard InChI is InChI=1S/C23H29NO6/c1-14(2)21(15-7-8-17-18(11-15)30-10-6-9-29-17)24-23(25)16-12-19(26-3)22(28-5)20(13-16)27-4/h7-8,11-14,21H,6,9-10H2,1-5H3,(H,24,25). The van der Waals surface area contributed by atoms with E-state index >= 15 is 0 Å². The third-order valence-corrected chi connectivity index (χ3v) is 5.01. The summed E-state index contributed by atoms with van der Waals surface area (Å²) in [6, 6.07) is 8.88. The molecule has 0 saturated heterocycles. The average Bonchev–Trinajstić information content (AvgIpc) is 3.00. The summed E-state index contributed by atoms with van der Waals surface area (Å²) in [5.74, 6) is 2.66. The number of amides is 1. The molecule has 30 heavy (non-hydrogen) atoms. The van der Waals surface area contributed by atoms with Crippen LogP contribution in [0.25, 0.3) is 0 Å². The van der Waals surface area contributed by atoms with Gasteiger partial charge in [0.25, 0.3) is 5.91 Å². The van der Waals surface area contributed by atoms with Crippen molar-refractivity contribution in [3.8, 4) is 28.7 Å². The first-order chi connectivity index (χ1) is 14.5. The molecule has 1 amide bonds. The molecule has 1 aliphatic heterocycles. The molecule has 0 saturated carbocycles. The molecule has 0 spiro atoms. The number of hydrogen-bond donors (Lipinski definition) is 1. The number of fused-ring (bicyclic) bond motifs is 1. The Morgan fingerprint density at radius 2 is 1.57 bits per heavy atom. The number of hydrogen-bond acceptors (Lipinski definition) is 6. The van der Waals surface area contributed by atoms with Crippen molar-refractivity contribution in [2.45, 2.75) is 26.3 Å². The van der Waals surface area contributed by atoms with Crippen LogP contribution >= 0.6 is 0 Å². The fourth-order valence-corrected chi connectivity index (χ4v) is 3.44. The van der Waals surface area contributed by atoms with E-state index < -0.39 is 0 Å². The molecule has 1 heterocycles. The SMILES string of the molecule is COc1cc(C(=O)NC(c2ccc3c(c2)OCCCO3)C(C)C)cc(OC)c1OC. The predicted molar refractivity (Wildman–Crippen MR) is 113 cm³/mol. The Labute approximate surface area is 177 Å². The van der Waals surface area contributed by atoms with Gasteiger partial charge in [0.05, 0.1) is 40.6 Å². The predicted octanol–water partition coefficient (Wildman–Crippen LogP) is 4.00. The van der Waals surface area contributed by atoms with Gasteiger partial charge in [0, 0.05) is 12.0 Å². The minimum Gasteiger partial charge on any atom is -0.493 e. The molecule has 7 nitrogen and oxygen atoms in total. The van der Waals surface area contributed by atoms with Crippen LogP contribution in [0.4, 0.5) is 0 Å². The topological polar surface area (TPSA) is 75.3 Å². The van der Waals surface area contributed by atoms with E-state index in [1.165, 1.54) is 21.3 Å². The van der Waals surface area contributed by atoms with Gasteiger partial charge in [0.2, 0.25) is 5.75 Å². The number of nitrogens with one attached hydrogen (secondary N) is 1. The zero-order valence-electron chi connectivity index (χ0n) is 18.1. The molecule has 162 valence electrons. The van der Waals surface area contributed by atoms with Gasteiger partial charge in [-0.25, -0.2) is 0 Å². The summed E-state index contributed by atoms with van der Waals surface area (Å²) in [7, 11) is 4.57. The highest BCUT2D eigenvalue weighted by Gasteiger charge is 2.23. The Bertz CT molecular complexity index is 870. The van der Waals surface area contributed by atoms with Gasteiger partial charge in [-0.3, -0.25) is 4.79 Å². The van der Waals surface area contributed by atoms with Crippen LogP contribution in [-0.4, -0.2) is 40.5 Å². The van der Waals surface area contributed by atoms with Crippen LogP contribution in [0.5, 0.6) is 28.7 Å². The van der Waals surface area contributed by atoms with Gasteiger partial charge in [0.1, 0.15) is 0 Å². The van der Waals surface area contributed by atoms with Gasteiger partial charge in [-0.1, -0.05) is 19.9 Å². The van der Waals surface area contributed by atoms with Crippen LogP contribution in [0.1, 0.15) is 42.2 Å². The van der Waals surface area contributed by atoms with Crippen molar-refractivity contribution in [3.05, 3.63) is 41.5 Å². The van der Waals surface area contributed by atoms with Crippen LogP contribution in [0.15, 0.2) is 30.3 Å². The summed E-state index contributed by atoms with van der Waals surface area (Å²) in [6.07, 6.45) is 0.843. The Hall–Kier alpha value is -3.09. The molecule has 2 aromatic rings. The van der Waals surface area contributed by atoms with E-state index in [-0.39, 0.29) is 17.9 Å². The second kappa shape index (κ2) is 9.61. The fourth-order valence-electron chi connectivity index (χ4n) is 3.44. The Morgan fingerprint density at radius 1 is 0.933 bits per heavy atom. The van der Waals surface area contributed by atoms with Gasteiger partial charge in [0.15, 0.2) is 23.0 Å². The van der Waals surface area contributed by atoms with Gasteiger partial charge in [-0.05, 0) is 35.7 Å². The first kappa shape index (κ1) is 21.6. The van der Waals surface area contributed by atoms with Crippen molar-refractivity contribution in [3.63, 3.8) is 0 Å². The number of carbonyl (C=O) groups excluding carboxylic acids is 1. The van der Waals surface area contributed by atoms with E-state index in [0.29, 0.717) is 41.8 Å². The smallest absolute Gasteiger partial charge is 0.252 e. The number of carbonyl (C=O) groups is 1. The monoisotopic (exact) mass is 415 g/mol. The molecule has 1 aliphatic rings.